The van der Waals surface area contributed by atoms with Gasteiger partial charge in [0.1, 0.15) is 0 Å². The first-order valence-electron chi connectivity index (χ1n) is 8.61. The molecule has 0 spiro atoms. The third-order valence-electron chi connectivity index (χ3n) is 4.60. The van der Waals surface area contributed by atoms with Crippen molar-refractivity contribution in [1.29, 1.82) is 0 Å². The van der Waals surface area contributed by atoms with Crippen molar-refractivity contribution in [3.8, 4) is 0 Å². The molecule has 1 unspecified atom stereocenters. The van der Waals surface area contributed by atoms with Crippen LogP contribution in [0.25, 0.3) is 0 Å². The largest absolute Gasteiger partial charge is 0.343 e. The number of nitrogens with one attached hydrogen (secondary N) is 2. The Hall–Kier alpha value is -2.04. The molecule has 5 heteroatoms. The summed E-state index contributed by atoms with van der Waals surface area (Å²) in [6.45, 7) is 2.20. The van der Waals surface area contributed by atoms with E-state index < -0.39 is 0 Å². The lowest BCUT2D eigenvalue weighted by Gasteiger charge is -2.20. The van der Waals surface area contributed by atoms with E-state index in [1.54, 1.807) is 0 Å². The number of benzene rings is 1. The summed E-state index contributed by atoms with van der Waals surface area (Å²) in [6, 6.07) is 10.2. The van der Waals surface area contributed by atoms with E-state index in [0.717, 1.165) is 25.9 Å². The molecule has 1 aliphatic carbocycles. The topological polar surface area (TPSA) is 61.4 Å². The maximum atomic E-state index is 12.1. The quantitative estimate of drug-likeness (QED) is 0.759. The van der Waals surface area contributed by atoms with Gasteiger partial charge in [-0.05, 0) is 37.2 Å². The molecule has 1 aliphatic heterocycles. The van der Waals surface area contributed by atoms with Gasteiger partial charge < -0.3 is 15.5 Å². The van der Waals surface area contributed by atoms with Crippen molar-refractivity contribution in [2.75, 3.05) is 19.6 Å². The van der Waals surface area contributed by atoms with E-state index in [1.807, 2.05) is 23.1 Å². The van der Waals surface area contributed by atoms with Gasteiger partial charge in [0, 0.05) is 26.1 Å². The van der Waals surface area contributed by atoms with Gasteiger partial charge in [0.15, 0.2) is 0 Å². The monoisotopic (exact) mass is 315 g/mol. The predicted octanol–water partition coefficient (Wildman–Crippen LogP) is 2.45. The fourth-order valence-corrected chi connectivity index (χ4v) is 3.17. The van der Waals surface area contributed by atoms with Crippen LogP contribution >= 0.6 is 0 Å². The molecule has 2 fully saturated rings. The minimum Gasteiger partial charge on any atom is -0.343 e. The molecule has 1 saturated carbocycles. The zero-order valence-corrected chi connectivity index (χ0v) is 13.5. The molecule has 1 saturated heterocycles. The van der Waals surface area contributed by atoms with Gasteiger partial charge >= 0.3 is 6.03 Å². The Morgan fingerprint density at radius 1 is 1.26 bits per heavy atom. The number of urea groups is 1. The second-order valence-electron chi connectivity index (χ2n) is 6.46. The Balaban J connectivity index is 1.40. The summed E-state index contributed by atoms with van der Waals surface area (Å²) in [5.74, 6) is 0.803. The number of likely N-dealkylation sites (tertiary alicyclic amines) is 1. The molecule has 2 N–H and O–H groups in total. The van der Waals surface area contributed by atoms with Crippen LogP contribution in [0.1, 0.15) is 43.7 Å². The molecule has 5 nitrogen and oxygen atoms in total. The van der Waals surface area contributed by atoms with E-state index in [0.29, 0.717) is 18.9 Å². The Bertz CT molecular complexity index is 542. The van der Waals surface area contributed by atoms with Crippen molar-refractivity contribution in [3.63, 3.8) is 0 Å². The smallest absolute Gasteiger partial charge is 0.315 e. The van der Waals surface area contributed by atoms with Gasteiger partial charge in [0.2, 0.25) is 5.91 Å². The number of rotatable bonds is 7. The molecule has 0 aromatic heterocycles. The third kappa shape index (κ3) is 4.47. The minimum absolute atomic E-state index is 0.108. The summed E-state index contributed by atoms with van der Waals surface area (Å²) in [5, 5.41) is 6.02. The summed E-state index contributed by atoms with van der Waals surface area (Å²) in [6.07, 6.45) is 4.80. The van der Waals surface area contributed by atoms with Crippen molar-refractivity contribution in [2.45, 2.75) is 38.1 Å². The van der Waals surface area contributed by atoms with Crippen LogP contribution in [-0.2, 0) is 4.79 Å². The van der Waals surface area contributed by atoms with Crippen molar-refractivity contribution in [3.05, 3.63) is 35.9 Å². The summed E-state index contributed by atoms with van der Waals surface area (Å²) in [7, 11) is 0. The predicted molar refractivity (Wildman–Crippen MR) is 88.9 cm³/mol. The lowest BCUT2D eigenvalue weighted by molar-refractivity contribution is -0.127. The average molecular weight is 315 g/mol. The van der Waals surface area contributed by atoms with Crippen LogP contribution in [0.3, 0.4) is 0 Å². The molecule has 124 valence electrons. The maximum absolute atomic E-state index is 12.1. The zero-order chi connectivity index (χ0) is 16.1. The maximum Gasteiger partial charge on any atom is 0.315 e. The fourth-order valence-electron chi connectivity index (χ4n) is 3.17. The van der Waals surface area contributed by atoms with Crippen LogP contribution in [0.2, 0.25) is 0 Å². The van der Waals surface area contributed by atoms with E-state index in [4.69, 9.17) is 0 Å². The number of carbonyl (C=O) groups is 2. The highest BCUT2D eigenvalue weighted by Gasteiger charge is 2.33. The number of carbonyl (C=O) groups excluding carboxylic acids is 2. The van der Waals surface area contributed by atoms with Gasteiger partial charge in [-0.2, -0.15) is 0 Å². The fraction of sp³-hybridized carbons (Fsp3) is 0.556. The van der Waals surface area contributed by atoms with Gasteiger partial charge in [0.25, 0.3) is 0 Å². The second-order valence-corrected chi connectivity index (χ2v) is 6.46. The number of hydrogen-bond acceptors (Lipinski definition) is 2. The minimum atomic E-state index is -0.112. The molecule has 1 aromatic carbocycles. The summed E-state index contributed by atoms with van der Waals surface area (Å²) < 4.78 is 0. The molecule has 23 heavy (non-hydrogen) atoms. The van der Waals surface area contributed by atoms with E-state index in [-0.39, 0.29) is 18.0 Å². The van der Waals surface area contributed by atoms with Gasteiger partial charge in [0.05, 0.1) is 6.04 Å². The zero-order valence-electron chi connectivity index (χ0n) is 13.5. The molecule has 3 amide bonds. The molecule has 3 rings (SSSR count). The normalized spacial score (nSPS) is 18.8. The standard InChI is InChI=1S/C18H25N3O2/c22-16-8-4-12-21(16)13-5-11-19-18(23)20-17(15-9-10-15)14-6-2-1-3-7-14/h1-3,6-7,15,17H,4-5,8-13H2,(H2,19,20,23). The average Bonchev–Trinajstić information content (AvgIpc) is 3.33. The molecule has 1 atom stereocenters. The van der Waals surface area contributed by atoms with E-state index in [1.165, 1.54) is 18.4 Å². The van der Waals surface area contributed by atoms with Crippen molar-refractivity contribution < 1.29 is 9.59 Å². The number of amides is 3. The molecular formula is C18H25N3O2. The molecular weight excluding hydrogens is 290 g/mol. The lowest BCUT2D eigenvalue weighted by atomic mass is 10.0. The Labute approximate surface area is 137 Å². The summed E-state index contributed by atoms with van der Waals surface area (Å²) in [5.41, 5.74) is 1.17. The highest BCUT2D eigenvalue weighted by atomic mass is 16.2. The Morgan fingerprint density at radius 2 is 2.04 bits per heavy atom. The molecule has 1 aromatic rings. The third-order valence-corrected chi connectivity index (χ3v) is 4.60. The second kappa shape index (κ2) is 7.49. The number of nitrogens with zero attached hydrogens (tertiary/aromatic N) is 1. The van der Waals surface area contributed by atoms with Crippen molar-refractivity contribution in [1.82, 2.24) is 15.5 Å². The summed E-state index contributed by atoms with van der Waals surface area (Å²) >= 11 is 0. The summed E-state index contributed by atoms with van der Waals surface area (Å²) in [4.78, 5) is 25.5. The first-order valence-corrected chi connectivity index (χ1v) is 8.61. The molecule has 0 bridgehead atoms. The Morgan fingerprint density at radius 3 is 2.70 bits per heavy atom. The van der Waals surface area contributed by atoms with Crippen LogP contribution in [0.5, 0.6) is 0 Å². The Kier molecular flexibility index (Phi) is 5.16. The van der Waals surface area contributed by atoms with E-state index in [2.05, 4.69) is 22.8 Å². The molecule has 2 aliphatic rings. The van der Waals surface area contributed by atoms with E-state index >= 15 is 0 Å². The van der Waals surface area contributed by atoms with Gasteiger partial charge in [-0.3, -0.25) is 4.79 Å². The number of hydrogen-bond donors (Lipinski definition) is 2. The van der Waals surface area contributed by atoms with Crippen molar-refractivity contribution in [2.24, 2.45) is 5.92 Å². The van der Waals surface area contributed by atoms with Gasteiger partial charge in [-0.25, -0.2) is 4.79 Å². The van der Waals surface area contributed by atoms with Crippen molar-refractivity contribution >= 4 is 11.9 Å². The van der Waals surface area contributed by atoms with Crippen LogP contribution in [0, 0.1) is 5.92 Å². The molecule has 1 heterocycles. The van der Waals surface area contributed by atoms with Gasteiger partial charge in [-0.15, -0.1) is 0 Å². The van der Waals surface area contributed by atoms with Gasteiger partial charge in [-0.1, -0.05) is 30.3 Å². The molecule has 0 radical (unpaired) electrons. The van der Waals surface area contributed by atoms with E-state index in [9.17, 15) is 9.59 Å². The lowest BCUT2D eigenvalue weighted by Crippen LogP contribution is -2.40. The van der Waals surface area contributed by atoms with Crippen LogP contribution < -0.4 is 10.6 Å². The first kappa shape index (κ1) is 15.8. The van der Waals surface area contributed by atoms with Crippen LogP contribution in [0.4, 0.5) is 4.79 Å². The SMILES string of the molecule is O=C(NCCCN1CCCC1=O)NC(c1ccccc1)C1CC1. The highest BCUT2D eigenvalue weighted by molar-refractivity contribution is 5.78. The van der Waals surface area contributed by atoms with Crippen LogP contribution in [-0.4, -0.2) is 36.5 Å². The van der Waals surface area contributed by atoms with Crippen LogP contribution in [0.15, 0.2) is 30.3 Å². The first-order chi connectivity index (χ1) is 11.2. The highest BCUT2D eigenvalue weighted by Crippen LogP contribution is 2.40.